The topological polar surface area (TPSA) is 199 Å². The number of nitriles is 1. The van der Waals surface area contributed by atoms with Gasteiger partial charge < -0.3 is 10.1 Å². The number of H-pyrrole nitrogens is 1. The molecular weight excluding hydrogens is 646 g/mol. The van der Waals surface area contributed by atoms with E-state index < -0.39 is 55.2 Å². The van der Waals surface area contributed by atoms with E-state index in [-0.39, 0.29) is 28.9 Å². The Morgan fingerprint density at radius 3 is 2.40 bits per heavy atom. The third-order valence-electron chi connectivity index (χ3n) is 6.41. The van der Waals surface area contributed by atoms with Crippen LogP contribution in [0.4, 0.5) is 17.6 Å². The van der Waals surface area contributed by atoms with E-state index in [1.165, 1.54) is 24.3 Å². The first kappa shape index (κ1) is 33.0. The van der Waals surface area contributed by atoms with E-state index in [1.807, 2.05) is 10.8 Å². The average molecular weight is 668 g/mol. The van der Waals surface area contributed by atoms with Crippen molar-refractivity contribution in [3.63, 3.8) is 0 Å². The lowest BCUT2D eigenvalue weighted by atomic mass is 9.97. The second kappa shape index (κ2) is 12.6. The number of alkyl halides is 3. The lowest BCUT2D eigenvalue weighted by Gasteiger charge is -2.18. The molecule has 4 N–H and O–H groups in total. The predicted molar refractivity (Wildman–Crippen MR) is 149 cm³/mol. The second-order valence-corrected chi connectivity index (χ2v) is 13.2. The zero-order valence-corrected chi connectivity index (χ0v) is 24.2. The van der Waals surface area contributed by atoms with Crippen LogP contribution in [0.2, 0.25) is 0 Å². The first-order valence-electron chi connectivity index (χ1n) is 12.6. The Balaban J connectivity index is 0.000000591. The molecule has 1 fully saturated rings. The Hall–Kier alpha value is -4.86. The Bertz CT molecular complexity index is 2010. The van der Waals surface area contributed by atoms with Crippen molar-refractivity contribution >= 4 is 43.0 Å². The van der Waals surface area contributed by atoms with Crippen LogP contribution in [0.5, 0.6) is 0 Å². The third-order valence-corrected chi connectivity index (χ3v) is 9.56. The van der Waals surface area contributed by atoms with Gasteiger partial charge in [-0.3, -0.25) is 9.52 Å². The van der Waals surface area contributed by atoms with Crippen molar-refractivity contribution in [2.75, 3.05) is 0 Å². The number of carboxylic acid groups (broad SMARTS) is 1. The Labute approximate surface area is 252 Å². The number of amides is 1. The van der Waals surface area contributed by atoms with E-state index in [4.69, 9.17) is 9.90 Å². The molecule has 0 radical (unpaired) electrons. The van der Waals surface area contributed by atoms with Crippen LogP contribution >= 0.6 is 0 Å². The highest BCUT2D eigenvalue weighted by atomic mass is 32.2. The number of aromatic nitrogens is 2. The van der Waals surface area contributed by atoms with Gasteiger partial charge in [-0.2, -0.15) is 18.4 Å². The van der Waals surface area contributed by atoms with Gasteiger partial charge in [0, 0.05) is 0 Å². The number of nitrogens with one attached hydrogen (secondary N) is 3. The fourth-order valence-corrected chi connectivity index (χ4v) is 7.08. The summed E-state index contributed by atoms with van der Waals surface area (Å²) in [5, 5.41) is 15.7. The lowest BCUT2D eigenvalue weighted by molar-refractivity contribution is -0.192. The van der Waals surface area contributed by atoms with E-state index in [2.05, 4.69) is 14.7 Å². The van der Waals surface area contributed by atoms with Crippen molar-refractivity contribution < 1.29 is 49.1 Å². The molecule has 1 aliphatic rings. The Kier molecular flexibility index (Phi) is 9.27. The van der Waals surface area contributed by atoms with Gasteiger partial charge in [-0.05, 0) is 53.9 Å². The van der Waals surface area contributed by atoms with Crippen molar-refractivity contribution in [3.05, 3.63) is 95.1 Å². The molecule has 0 bridgehead atoms. The van der Waals surface area contributed by atoms with E-state index in [9.17, 15) is 44.5 Å². The van der Waals surface area contributed by atoms with E-state index in [1.54, 1.807) is 30.3 Å². The highest BCUT2D eigenvalue weighted by Crippen LogP contribution is 2.33. The predicted octanol–water partition coefficient (Wildman–Crippen LogP) is 3.36. The maximum atomic E-state index is 13.8. The summed E-state index contributed by atoms with van der Waals surface area (Å²) in [6, 6.07) is 17.2. The maximum absolute atomic E-state index is 13.8. The number of rotatable bonds is 7. The van der Waals surface area contributed by atoms with Gasteiger partial charge in [0.15, 0.2) is 0 Å². The molecule has 1 saturated heterocycles. The summed E-state index contributed by atoms with van der Waals surface area (Å²) >= 11 is 0. The highest BCUT2D eigenvalue weighted by molar-refractivity contribution is 7.90. The van der Waals surface area contributed by atoms with Crippen LogP contribution in [0.25, 0.3) is 11.0 Å². The summed E-state index contributed by atoms with van der Waals surface area (Å²) < 4.78 is 101. The number of nitrogens with zero attached hydrogens (tertiary/aromatic N) is 2. The smallest absolute Gasteiger partial charge is 0.475 e. The fourth-order valence-electron chi connectivity index (χ4n) is 4.39. The zero-order valence-electron chi connectivity index (χ0n) is 22.5. The van der Waals surface area contributed by atoms with Crippen molar-refractivity contribution in [2.45, 2.75) is 35.2 Å². The average Bonchev–Trinajstić information content (AvgIpc) is 3.51. The number of carbonyl (C=O) groups excluding carboxylic acids is 1. The number of sulfonamides is 2. The summed E-state index contributed by atoms with van der Waals surface area (Å²) in [5.41, 5.74) is 2.01. The zero-order chi connectivity index (χ0) is 33.2. The van der Waals surface area contributed by atoms with Gasteiger partial charge in [0.05, 0.1) is 40.0 Å². The lowest BCUT2D eigenvalue weighted by Crippen LogP contribution is -2.31. The summed E-state index contributed by atoms with van der Waals surface area (Å²) in [6.45, 7) is 0. The largest absolute Gasteiger partial charge is 0.490 e. The number of aliphatic carboxylic acids is 1. The van der Waals surface area contributed by atoms with Gasteiger partial charge >= 0.3 is 12.1 Å². The molecule has 0 saturated carbocycles. The number of aromatic amines is 1. The minimum Gasteiger partial charge on any atom is -0.475 e. The number of hydrogen-bond donors (Lipinski definition) is 4. The van der Waals surface area contributed by atoms with E-state index in [0.29, 0.717) is 22.4 Å². The number of para-hydroxylation sites is 2. The van der Waals surface area contributed by atoms with Crippen molar-refractivity contribution in [1.82, 2.24) is 19.4 Å². The van der Waals surface area contributed by atoms with Crippen molar-refractivity contribution in [2.24, 2.45) is 0 Å². The number of imidazole rings is 1. The van der Waals surface area contributed by atoms with Crippen LogP contribution in [-0.2, 0) is 36.1 Å². The molecule has 2 heterocycles. The molecule has 45 heavy (non-hydrogen) atoms. The first-order valence-corrected chi connectivity index (χ1v) is 15.6. The molecule has 1 amide bonds. The number of benzene rings is 3. The SMILES string of the molecule is N#Cc1cc(C[C@H](NS(=O)(=O)c2cccc(F)c2)c2nc3ccccc3[nH]2)ccc1C1CC(=O)NS1(=O)=O.O=C(O)C(F)(F)F. The van der Waals surface area contributed by atoms with Gasteiger partial charge in [0.2, 0.25) is 26.0 Å². The van der Waals surface area contributed by atoms with Crippen LogP contribution in [0.3, 0.4) is 0 Å². The molecule has 12 nitrogen and oxygen atoms in total. The molecule has 0 aliphatic carbocycles. The molecule has 4 aromatic rings. The highest BCUT2D eigenvalue weighted by Gasteiger charge is 2.39. The number of hydrogen-bond acceptors (Lipinski definition) is 8. The molecule has 3 aromatic carbocycles. The molecular formula is C27H21F4N5O7S2. The number of carbonyl (C=O) groups is 2. The molecule has 1 aliphatic heterocycles. The van der Waals surface area contributed by atoms with Gasteiger partial charge in [0.25, 0.3) is 0 Å². The number of halogens is 4. The van der Waals surface area contributed by atoms with Crippen LogP contribution in [0, 0.1) is 17.1 Å². The summed E-state index contributed by atoms with van der Waals surface area (Å²) in [5.74, 6) is -3.83. The van der Waals surface area contributed by atoms with Gasteiger partial charge in [-0.25, -0.2) is 35.7 Å². The van der Waals surface area contributed by atoms with Gasteiger partial charge in [0.1, 0.15) is 16.9 Å². The molecule has 2 atom stereocenters. The van der Waals surface area contributed by atoms with Crippen LogP contribution in [-0.4, -0.2) is 50.0 Å². The molecule has 5 rings (SSSR count). The van der Waals surface area contributed by atoms with Crippen LogP contribution in [0.15, 0.2) is 71.6 Å². The molecule has 0 spiro atoms. The number of carboxylic acids is 1. The molecule has 1 unspecified atom stereocenters. The first-order chi connectivity index (χ1) is 21.0. The summed E-state index contributed by atoms with van der Waals surface area (Å²) in [6.07, 6.45) is -5.36. The molecule has 1 aromatic heterocycles. The minimum atomic E-state index is -5.08. The van der Waals surface area contributed by atoms with Crippen molar-refractivity contribution in [1.29, 1.82) is 5.26 Å². The quantitative estimate of drug-likeness (QED) is 0.213. The molecule has 18 heteroatoms. The summed E-state index contributed by atoms with van der Waals surface area (Å²) in [4.78, 5) is 27.9. The minimum absolute atomic E-state index is 0.0257. The molecule has 236 valence electrons. The van der Waals surface area contributed by atoms with E-state index in [0.717, 1.165) is 12.1 Å². The summed E-state index contributed by atoms with van der Waals surface area (Å²) in [7, 11) is -8.15. The fraction of sp³-hybridized carbons (Fsp3) is 0.185. The normalized spacial score (nSPS) is 16.7. The van der Waals surface area contributed by atoms with Gasteiger partial charge in [-0.1, -0.05) is 30.3 Å². The standard InChI is InChI=1S/C25H20FN5O5S2.C2HF3O2/c26-17-4-3-5-18(12-17)37(33,34)30-22(25-28-20-6-1-2-7-21(20)29-25)11-15-8-9-19(16(10-15)14-27)23-13-24(32)31-38(23,35)36;3-2(4,5)1(6)7/h1-10,12,22-23,30H,11,13H2,(H,28,29)(H,31,32);(H,6,7)/t22-,23?;/m0./s1. The third kappa shape index (κ3) is 7.81. The van der Waals surface area contributed by atoms with Crippen molar-refractivity contribution in [3.8, 4) is 6.07 Å². The van der Waals surface area contributed by atoms with Crippen LogP contribution in [0.1, 0.15) is 40.2 Å². The van der Waals surface area contributed by atoms with Gasteiger partial charge in [-0.15, -0.1) is 0 Å². The monoisotopic (exact) mass is 667 g/mol. The second-order valence-electron chi connectivity index (χ2n) is 9.57. The number of fused-ring (bicyclic) bond motifs is 1. The Morgan fingerprint density at radius 1 is 1.13 bits per heavy atom. The maximum Gasteiger partial charge on any atom is 0.490 e. The van der Waals surface area contributed by atoms with Crippen LogP contribution < -0.4 is 9.44 Å². The van der Waals surface area contributed by atoms with E-state index >= 15 is 0 Å². The Morgan fingerprint density at radius 2 is 1.82 bits per heavy atom.